The molecule has 0 amide bonds. The van der Waals surface area contributed by atoms with Gasteiger partial charge in [-0.3, -0.25) is 0 Å². The van der Waals surface area contributed by atoms with Gasteiger partial charge in [0.1, 0.15) is 17.8 Å². The largest absolute Gasteiger partial charge is 0.458 e. The summed E-state index contributed by atoms with van der Waals surface area (Å²) in [5.74, 6) is -0.529. The second-order valence-electron chi connectivity index (χ2n) is 7.11. The van der Waals surface area contributed by atoms with Gasteiger partial charge in [0.05, 0.1) is 17.6 Å². The molecule has 5 nitrogen and oxygen atoms in total. The molecule has 2 saturated heterocycles. The number of aliphatic hydroxyl groups is 2. The number of rotatable bonds is 0. The molecule has 0 bridgehead atoms. The Morgan fingerprint density at radius 2 is 2.15 bits per heavy atom. The summed E-state index contributed by atoms with van der Waals surface area (Å²) in [6.45, 7) is 7.60. The Labute approximate surface area is 117 Å². The van der Waals surface area contributed by atoms with Crippen molar-refractivity contribution in [3.05, 3.63) is 12.2 Å². The van der Waals surface area contributed by atoms with Crippen LogP contribution in [0, 0.1) is 17.8 Å². The van der Waals surface area contributed by atoms with Gasteiger partial charge in [0, 0.05) is 17.9 Å². The molecule has 0 aromatic rings. The first-order chi connectivity index (χ1) is 9.29. The lowest BCUT2D eigenvalue weighted by atomic mass is 9.76. The molecule has 0 aromatic carbocycles. The van der Waals surface area contributed by atoms with E-state index in [-0.39, 0.29) is 35.9 Å². The summed E-state index contributed by atoms with van der Waals surface area (Å²) >= 11 is 0. The van der Waals surface area contributed by atoms with E-state index in [1.165, 1.54) is 0 Å². The fraction of sp³-hybridized carbons (Fsp3) is 0.800. The lowest BCUT2D eigenvalue weighted by Crippen LogP contribution is -2.45. The molecule has 2 aliphatic carbocycles. The van der Waals surface area contributed by atoms with Gasteiger partial charge in [0.15, 0.2) is 0 Å². The van der Waals surface area contributed by atoms with E-state index in [9.17, 15) is 15.0 Å². The van der Waals surface area contributed by atoms with E-state index in [1.54, 1.807) is 6.92 Å². The molecule has 0 aromatic heterocycles. The fourth-order valence-corrected chi connectivity index (χ4v) is 5.09. The van der Waals surface area contributed by atoms with E-state index in [1.807, 2.05) is 6.92 Å². The van der Waals surface area contributed by atoms with Crippen LogP contribution in [0.3, 0.4) is 0 Å². The highest BCUT2D eigenvalue weighted by molar-refractivity contribution is 5.91. The van der Waals surface area contributed by atoms with E-state index in [0.29, 0.717) is 18.4 Å². The molecule has 5 heteroatoms. The van der Waals surface area contributed by atoms with Crippen LogP contribution in [0.15, 0.2) is 12.2 Å². The predicted octanol–water partition coefficient (Wildman–Crippen LogP) is 0.393. The molecular weight excluding hydrogens is 260 g/mol. The average molecular weight is 280 g/mol. The molecule has 4 rings (SSSR count). The molecule has 2 aliphatic heterocycles. The summed E-state index contributed by atoms with van der Waals surface area (Å²) in [6.07, 6.45) is -0.0734. The number of aliphatic hydroxyl groups excluding tert-OH is 1. The Kier molecular flexibility index (Phi) is 2.21. The second-order valence-corrected chi connectivity index (χ2v) is 7.11. The zero-order valence-corrected chi connectivity index (χ0v) is 11.7. The van der Waals surface area contributed by atoms with Crippen LogP contribution in [-0.4, -0.2) is 45.7 Å². The molecule has 8 atom stereocenters. The zero-order valence-electron chi connectivity index (χ0n) is 11.7. The molecule has 110 valence electrons. The van der Waals surface area contributed by atoms with E-state index in [2.05, 4.69) is 6.58 Å². The molecule has 4 fully saturated rings. The summed E-state index contributed by atoms with van der Waals surface area (Å²) < 4.78 is 11.4. The van der Waals surface area contributed by atoms with Crippen molar-refractivity contribution in [2.75, 3.05) is 0 Å². The lowest BCUT2D eigenvalue weighted by molar-refractivity contribution is -0.140. The number of ether oxygens (including phenoxy) is 2. The van der Waals surface area contributed by atoms with Gasteiger partial charge in [-0.2, -0.15) is 0 Å². The SMILES string of the molecule is C=C1C(=O)OC2CC(C)C3C(O)CC(C)(O)C34OC4C12. The lowest BCUT2D eigenvalue weighted by Gasteiger charge is -2.29. The first-order valence-corrected chi connectivity index (χ1v) is 7.27. The van der Waals surface area contributed by atoms with Gasteiger partial charge in [-0.1, -0.05) is 13.5 Å². The van der Waals surface area contributed by atoms with Gasteiger partial charge in [-0.05, 0) is 19.3 Å². The molecule has 1 spiro atoms. The van der Waals surface area contributed by atoms with E-state index < -0.39 is 17.3 Å². The molecular formula is C15H20O5. The number of carbonyl (C=O) groups excluding carboxylic acids is 1. The van der Waals surface area contributed by atoms with E-state index in [4.69, 9.17) is 9.47 Å². The van der Waals surface area contributed by atoms with Crippen LogP contribution in [0.2, 0.25) is 0 Å². The van der Waals surface area contributed by atoms with Crippen LogP contribution >= 0.6 is 0 Å². The number of fused-ring (bicyclic) bond motifs is 2. The Morgan fingerprint density at radius 1 is 1.45 bits per heavy atom. The molecule has 8 unspecified atom stereocenters. The number of esters is 1. The quantitative estimate of drug-likeness (QED) is 0.381. The summed E-state index contributed by atoms with van der Waals surface area (Å²) in [5, 5.41) is 21.1. The highest BCUT2D eigenvalue weighted by atomic mass is 16.6. The summed E-state index contributed by atoms with van der Waals surface area (Å²) in [5.41, 5.74) is -1.37. The number of hydrogen-bond donors (Lipinski definition) is 2. The highest BCUT2D eigenvalue weighted by Gasteiger charge is 2.80. The van der Waals surface area contributed by atoms with Gasteiger partial charge < -0.3 is 19.7 Å². The average Bonchev–Trinajstić information content (AvgIpc) is 2.93. The summed E-state index contributed by atoms with van der Waals surface area (Å²) in [4.78, 5) is 11.7. The van der Waals surface area contributed by atoms with E-state index >= 15 is 0 Å². The van der Waals surface area contributed by atoms with Crippen LogP contribution in [0.25, 0.3) is 0 Å². The smallest absolute Gasteiger partial charge is 0.334 e. The third-order valence-corrected chi connectivity index (χ3v) is 5.91. The van der Waals surface area contributed by atoms with Crippen molar-refractivity contribution < 1.29 is 24.5 Å². The Morgan fingerprint density at radius 3 is 2.85 bits per heavy atom. The van der Waals surface area contributed by atoms with Crippen LogP contribution < -0.4 is 0 Å². The number of epoxide rings is 1. The van der Waals surface area contributed by atoms with Crippen molar-refractivity contribution in [1.29, 1.82) is 0 Å². The predicted molar refractivity (Wildman–Crippen MR) is 68.6 cm³/mol. The third-order valence-electron chi connectivity index (χ3n) is 5.91. The first kappa shape index (κ1) is 12.8. The zero-order chi connectivity index (χ0) is 14.4. The van der Waals surface area contributed by atoms with Crippen molar-refractivity contribution in [3.63, 3.8) is 0 Å². The summed E-state index contributed by atoms with van der Waals surface area (Å²) in [7, 11) is 0. The van der Waals surface area contributed by atoms with Crippen molar-refractivity contribution in [1.82, 2.24) is 0 Å². The van der Waals surface area contributed by atoms with Gasteiger partial charge in [0.25, 0.3) is 0 Å². The van der Waals surface area contributed by atoms with E-state index in [0.717, 1.165) is 0 Å². The molecule has 2 saturated carbocycles. The van der Waals surface area contributed by atoms with Crippen molar-refractivity contribution in [2.45, 2.75) is 56.2 Å². The topological polar surface area (TPSA) is 79.3 Å². The molecule has 20 heavy (non-hydrogen) atoms. The number of hydrogen-bond acceptors (Lipinski definition) is 5. The maximum absolute atomic E-state index is 11.7. The molecule has 4 aliphatic rings. The molecule has 2 N–H and O–H groups in total. The molecule has 0 radical (unpaired) electrons. The Bertz CT molecular complexity index is 512. The fourth-order valence-electron chi connectivity index (χ4n) is 5.09. The van der Waals surface area contributed by atoms with Crippen molar-refractivity contribution in [3.8, 4) is 0 Å². The second kappa shape index (κ2) is 3.46. The normalized spacial score (nSPS) is 60.4. The van der Waals surface area contributed by atoms with Gasteiger partial charge in [-0.15, -0.1) is 0 Å². The minimum atomic E-state index is -1.07. The minimum Gasteiger partial charge on any atom is -0.458 e. The molecule has 2 heterocycles. The Balaban J connectivity index is 1.80. The van der Waals surface area contributed by atoms with Crippen LogP contribution in [-0.2, 0) is 14.3 Å². The Hall–Kier alpha value is -0.910. The van der Waals surface area contributed by atoms with Gasteiger partial charge >= 0.3 is 5.97 Å². The van der Waals surface area contributed by atoms with Crippen LogP contribution in [0.1, 0.15) is 26.7 Å². The van der Waals surface area contributed by atoms with Crippen molar-refractivity contribution in [2.24, 2.45) is 17.8 Å². The third kappa shape index (κ3) is 1.23. The maximum Gasteiger partial charge on any atom is 0.334 e. The monoisotopic (exact) mass is 280 g/mol. The maximum atomic E-state index is 11.7. The van der Waals surface area contributed by atoms with Crippen LogP contribution in [0.5, 0.6) is 0 Å². The number of carbonyl (C=O) groups is 1. The van der Waals surface area contributed by atoms with Gasteiger partial charge in [0.2, 0.25) is 0 Å². The standard InChI is InChI=1S/C15H20O5/c1-6-4-9-10(7(2)13(17)19-9)12-15(20-12)11(6)8(16)5-14(15,3)18/h6,8-12,16,18H,2,4-5H2,1,3H3. The highest BCUT2D eigenvalue weighted by Crippen LogP contribution is 2.67. The minimum absolute atomic E-state index is 0.111. The van der Waals surface area contributed by atoms with Crippen molar-refractivity contribution >= 4 is 5.97 Å². The van der Waals surface area contributed by atoms with Gasteiger partial charge in [-0.25, -0.2) is 4.79 Å². The summed E-state index contributed by atoms with van der Waals surface area (Å²) in [6, 6.07) is 0. The first-order valence-electron chi connectivity index (χ1n) is 7.27. The van der Waals surface area contributed by atoms with Crippen LogP contribution in [0.4, 0.5) is 0 Å².